The van der Waals surface area contributed by atoms with E-state index in [1.807, 2.05) is 24.3 Å². The van der Waals surface area contributed by atoms with Gasteiger partial charge in [0, 0.05) is 17.6 Å². The molecule has 0 radical (unpaired) electrons. The van der Waals surface area contributed by atoms with Gasteiger partial charge in [0.25, 0.3) is 0 Å². The molecule has 3 heteroatoms. The van der Waals surface area contributed by atoms with Crippen molar-refractivity contribution in [2.45, 2.75) is 25.4 Å². The summed E-state index contributed by atoms with van der Waals surface area (Å²) in [5.74, 6) is 1.65. The second kappa shape index (κ2) is 6.50. The van der Waals surface area contributed by atoms with Crippen LogP contribution in [-0.2, 0) is 6.54 Å². The van der Waals surface area contributed by atoms with Crippen LogP contribution in [0.25, 0.3) is 0 Å². The average molecular weight is 302 g/mol. The maximum Gasteiger partial charge on any atom is 0.118 e. The van der Waals surface area contributed by atoms with Gasteiger partial charge >= 0.3 is 0 Å². The van der Waals surface area contributed by atoms with Gasteiger partial charge in [-0.25, -0.2) is 0 Å². The van der Waals surface area contributed by atoms with Gasteiger partial charge in [-0.05, 0) is 54.2 Å². The SMILES string of the molecule is COc1ccc(CNC(c2ccc(Cl)cc2)C2CC2)cc1. The molecule has 0 saturated heterocycles. The molecule has 0 spiro atoms. The second-order valence-electron chi connectivity index (χ2n) is 5.60. The zero-order chi connectivity index (χ0) is 14.7. The Morgan fingerprint density at radius 2 is 1.76 bits per heavy atom. The molecule has 3 rings (SSSR count). The van der Waals surface area contributed by atoms with E-state index in [1.54, 1.807) is 7.11 Å². The molecule has 0 heterocycles. The summed E-state index contributed by atoms with van der Waals surface area (Å²) < 4.78 is 5.19. The van der Waals surface area contributed by atoms with Crippen LogP contribution in [0.2, 0.25) is 5.02 Å². The monoisotopic (exact) mass is 301 g/mol. The molecule has 1 aliphatic rings. The first-order valence-corrected chi connectivity index (χ1v) is 7.76. The molecule has 1 fully saturated rings. The minimum atomic E-state index is 0.421. The number of halogens is 1. The van der Waals surface area contributed by atoms with Crippen molar-refractivity contribution in [2.24, 2.45) is 5.92 Å². The molecule has 2 nitrogen and oxygen atoms in total. The van der Waals surface area contributed by atoms with Gasteiger partial charge in [-0.3, -0.25) is 0 Å². The predicted octanol–water partition coefficient (Wildman–Crippen LogP) is 4.59. The van der Waals surface area contributed by atoms with E-state index in [-0.39, 0.29) is 0 Å². The summed E-state index contributed by atoms with van der Waals surface area (Å²) in [7, 11) is 1.69. The lowest BCUT2D eigenvalue weighted by atomic mass is 10.0. The maximum absolute atomic E-state index is 5.98. The largest absolute Gasteiger partial charge is 0.497 e. The van der Waals surface area contributed by atoms with Crippen molar-refractivity contribution in [1.29, 1.82) is 0 Å². The summed E-state index contributed by atoms with van der Waals surface area (Å²) in [6, 6.07) is 16.9. The smallest absolute Gasteiger partial charge is 0.118 e. The summed E-state index contributed by atoms with van der Waals surface area (Å²) in [6.07, 6.45) is 2.62. The van der Waals surface area contributed by atoms with E-state index in [1.165, 1.54) is 24.0 Å². The Morgan fingerprint density at radius 1 is 1.10 bits per heavy atom. The molecule has 2 aromatic carbocycles. The standard InChI is InChI=1S/C18H20ClNO/c1-21-17-10-2-13(3-11-17)12-20-18(14-4-5-14)15-6-8-16(19)9-7-15/h2-3,6-11,14,18,20H,4-5,12H2,1H3. The summed E-state index contributed by atoms with van der Waals surface area (Å²) in [4.78, 5) is 0. The summed E-state index contributed by atoms with van der Waals surface area (Å²) in [6.45, 7) is 0.869. The van der Waals surface area contributed by atoms with E-state index >= 15 is 0 Å². The van der Waals surface area contributed by atoms with Gasteiger partial charge in [-0.2, -0.15) is 0 Å². The lowest BCUT2D eigenvalue weighted by Crippen LogP contribution is -2.22. The molecule has 1 atom stereocenters. The number of hydrogen-bond acceptors (Lipinski definition) is 2. The number of benzene rings is 2. The molecule has 0 bridgehead atoms. The van der Waals surface area contributed by atoms with Gasteiger partial charge in [0.1, 0.15) is 5.75 Å². The molecule has 0 aliphatic heterocycles. The first-order valence-electron chi connectivity index (χ1n) is 7.38. The van der Waals surface area contributed by atoms with Gasteiger partial charge in [0.15, 0.2) is 0 Å². The van der Waals surface area contributed by atoms with Gasteiger partial charge in [-0.1, -0.05) is 35.9 Å². The van der Waals surface area contributed by atoms with Crippen molar-refractivity contribution in [3.05, 3.63) is 64.7 Å². The van der Waals surface area contributed by atoms with Gasteiger partial charge in [0.2, 0.25) is 0 Å². The van der Waals surface area contributed by atoms with Gasteiger partial charge in [-0.15, -0.1) is 0 Å². The molecule has 1 unspecified atom stereocenters. The third kappa shape index (κ3) is 3.78. The van der Waals surface area contributed by atoms with Crippen molar-refractivity contribution in [1.82, 2.24) is 5.32 Å². The van der Waals surface area contributed by atoms with Crippen LogP contribution in [0, 0.1) is 5.92 Å². The van der Waals surface area contributed by atoms with Crippen LogP contribution in [0.1, 0.15) is 30.0 Å². The molecule has 0 amide bonds. The van der Waals surface area contributed by atoms with Crippen LogP contribution in [0.4, 0.5) is 0 Å². The zero-order valence-electron chi connectivity index (χ0n) is 12.2. The predicted molar refractivity (Wildman–Crippen MR) is 86.8 cm³/mol. The molecule has 1 aliphatic carbocycles. The summed E-state index contributed by atoms with van der Waals surface area (Å²) in [5, 5.41) is 4.48. The van der Waals surface area contributed by atoms with E-state index in [0.717, 1.165) is 23.2 Å². The number of ether oxygens (including phenoxy) is 1. The van der Waals surface area contributed by atoms with Gasteiger partial charge in [0.05, 0.1) is 7.11 Å². The van der Waals surface area contributed by atoms with Crippen LogP contribution in [0.15, 0.2) is 48.5 Å². The van der Waals surface area contributed by atoms with Crippen LogP contribution < -0.4 is 10.1 Å². The fourth-order valence-corrected chi connectivity index (χ4v) is 2.75. The fourth-order valence-electron chi connectivity index (χ4n) is 2.63. The first kappa shape index (κ1) is 14.4. The molecule has 0 aromatic heterocycles. The quantitative estimate of drug-likeness (QED) is 0.842. The average Bonchev–Trinajstić information content (AvgIpc) is 3.35. The lowest BCUT2D eigenvalue weighted by Gasteiger charge is -2.19. The Labute approximate surface area is 131 Å². The van der Waals surface area contributed by atoms with Crippen molar-refractivity contribution >= 4 is 11.6 Å². The van der Waals surface area contributed by atoms with E-state index < -0.39 is 0 Å². The zero-order valence-corrected chi connectivity index (χ0v) is 12.9. The van der Waals surface area contributed by atoms with Crippen molar-refractivity contribution < 1.29 is 4.74 Å². The number of methoxy groups -OCH3 is 1. The van der Waals surface area contributed by atoms with Gasteiger partial charge < -0.3 is 10.1 Å². The maximum atomic E-state index is 5.98. The molecule has 110 valence electrons. The van der Waals surface area contributed by atoms with E-state index in [2.05, 4.69) is 29.6 Å². The highest BCUT2D eigenvalue weighted by Crippen LogP contribution is 2.41. The van der Waals surface area contributed by atoms with Crippen LogP contribution in [0.3, 0.4) is 0 Å². The number of rotatable bonds is 6. The van der Waals surface area contributed by atoms with Crippen LogP contribution >= 0.6 is 11.6 Å². The summed E-state index contributed by atoms with van der Waals surface area (Å²) in [5.41, 5.74) is 2.60. The molecule has 1 N–H and O–H groups in total. The Balaban J connectivity index is 1.66. The van der Waals surface area contributed by atoms with Crippen LogP contribution in [0.5, 0.6) is 5.75 Å². The molecule has 1 saturated carbocycles. The molecule has 21 heavy (non-hydrogen) atoms. The Kier molecular flexibility index (Phi) is 4.47. The third-order valence-corrected chi connectivity index (χ3v) is 4.26. The second-order valence-corrected chi connectivity index (χ2v) is 6.03. The lowest BCUT2D eigenvalue weighted by molar-refractivity contribution is 0.414. The highest BCUT2D eigenvalue weighted by Gasteiger charge is 2.31. The minimum absolute atomic E-state index is 0.421. The fraction of sp³-hybridized carbons (Fsp3) is 0.333. The highest BCUT2D eigenvalue weighted by atomic mass is 35.5. The molecular formula is C18H20ClNO. The normalized spacial score (nSPS) is 15.7. The molecule has 2 aromatic rings. The first-order chi connectivity index (χ1) is 10.3. The Hall–Kier alpha value is -1.51. The highest BCUT2D eigenvalue weighted by molar-refractivity contribution is 6.30. The van der Waals surface area contributed by atoms with E-state index in [4.69, 9.17) is 16.3 Å². The third-order valence-electron chi connectivity index (χ3n) is 4.01. The number of hydrogen-bond donors (Lipinski definition) is 1. The van der Waals surface area contributed by atoms with Crippen molar-refractivity contribution in [3.8, 4) is 5.75 Å². The van der Waals surface area contributed by atoms with Crippen molar-refractivity contribution in [3.63, 3.8) is 0 Å². The molecular weight excluding hydrogens is 282 g/mol. The topological polar surface area (TPSA) is 21.3 Å². The van der Waals surface area contributed by atoms with E-state index in [9.17, 15) is 0 Å². The van der Waals surface area contributed by atoms with Crippen molar-refractivity contribution in [2.75, 3.05) is 7.11 Å². The summed E-state index contributed by atoms with van der Waals surface area (Å²) >= 11 is 5.98. The Morgan fingerprint density at radius 3 is 2.33 bits per heavy atom. The minimum Gasteiger partial charge on any atom is -0.497 e. The van der Waals surface area contributed by atoms with Crippen LogP contribution in [-0.4, -0.2) is 7.11 Å². The number of nitrogens with one attached hydrogen (secondary N) is 1. The van der Waals surface area contributed by atoms with E-state index in [0.29, 0.717) is 6.04 Å². The Bertz CT molecular complexity index is 575.